The van der Waals surface area contributed by atoms with E-state index in [2.05, 4.69) is 23.7 Å². The van der Waals surface area contributed by atoms with Crippen LogP contribution in [-0.2, 0) is 18.2 Å². The van der Waals surface area contributed by atoms with Gasteiger partial charge in [-0.25, -0.2) is 4.98 Å². The molecule has 2 heterocycles. The molecule has 132 valence electrons. The summed E-state index contributed by atoms with van der Waals surface area (Å²) in [4.78, 5) is 4.22. The van der Waals surface area contributed by atoms with Crippen LogP contribution in [0.2, 0.25) is 10.2 Å². The summed E-state index contributed by atoms with van der Waals surface area (Å²) in [6, 6.07) is 8.07. The molecule has 0 aliphatic heterocycles. The molecule has 0 atom stereocenters. The fourth-order valence-electron chi connectivity index (χ4n) is 3.04. The zero-order valence-electron chi connectivity index (χ0n) is 14.7. The van der Waals surface area contributed by atoms with Gasteiger partial charge in [-0.3, -0.25) is 0 Å². The standard InChI is InChI=1S/C20H17Cl2N3O/c1-11-5-13(9-23)6-18-15(11)7-14(25(18)3)8-16-19(21)17(12(2)26-4)10-24-20(16)22/h5-7,10H,2,8H2,1,3-4H3. The van der Waals surface area contributed by atoms with Gasteiger partial charge in [-0.05, 0) is 30.7 Å². The summed E-state index contributed by atoms with van der Waals surface area (Å²) in [5, 5.41) is 11.1. The Morgan fingerprint density at radius 1 is 1.35 bits per heavy atom. The first-order valence-electron chi connectivity index (χ1n) is 7.92. The van der Waals surface area contributed by atoms with Crippen LogP contribution in [0.4, 0.5) is 0 Å². The van der Waals surface area contributed by atoms with E-state index in [1.54, 1.807) is 6.20 Å². The lowest BCUT2D eigenvalue weighted by molar-refractivity contribution is 0.371. The summed E-state index contributed by atoms with van der Waals surface area (Å²) in [6.07, 6.45) is 2.06. The van der Waals surface area contributed by atoms with Crippen molar-refractivity contribution in [1.82, 2.24) is 9.55 Å². The lowest BCUT2D eigenvalue weighted by Gasteiger charge is -2.12. The Balaban J connectivity index is 2.13. The average molecular weight is 386 g/mol. The molecule has 0 radical (unpaired) electrons. The molecule has 1 aromatic carbocycles. The Hall–Kier alpha value is -2.48. The highest BCUT2D eigenvalue weighted by Crippen LogP contribution is 2.33. The van der Waals surface area contributed by atoms with Crippen LogP contribution in [0.3, 0.4) is 0 Å². The topological polar surface area (TPSA) is 50.8 Å². The monoisotopic (exact) mass is 385 g/mol. The van der Waals surface area contributed by atoms with Crippen LogP contribution >= 0.6 is 23.2 Å². The molecule has 0 aliphatic carbocycles. The summed E-state index contributed by atoms with van der Waals surface area (Å²) in [7, 11) is 3.50. The van der Waals surface area contributed by atoms with E-state index in [4.69, 9.17) is 27.9 Å². The van der Waals surface area contributed by atoms with Gasteiger partial charge < -0.3 is 9.30 Å². The normalized spacial score (nSPS) is 10.8. The molecule has 0 spiro atoms. The number of nitriles is 1. The number of fused-ring (bicyclic) bond motifs is 1. The number of methoxy groups -OCH3 is 1. The number of pyridine rings is 1. The first-order chi connectivity index (χ1) is 12.4. The Kier molecular flexibility index (Phi) is 4.95. The fourth-order valence-corrected chi connectivity index (χ4v) is 3.61. The Labute approximate surface area is 162 Å². The van der Waals surface area contributed by atoms with E-state index >= 15 is 0 Å². The Morgan fingerprint density at radius 2 is 2.08 bits per heavy atom. The first kappa shape index (κ1) is 18.3. The molecular formula is C20H17Cl2N3O. The number of hydrogen-bond donors (Lipinski definition) is 0. The van der Waals surface area contributed by atoms with E-state index in [1.807, 2.05) is 30.7 Å². The largest absolute Gasteiger partial charge is 0.497 e. The summed E-state index contributed by atoms with van der Waals surface area (Å²) in [5.74, 6) is 0.437. The maximum absolute atomic E-state index is 9.21. The van der Waals surface area contributed by atoms with Crippen molar-refractivity contribution >= 4 is 39.9 Å². The highest BCUT2D eigenvalue weighted by atomic mass is 35.5. The van der Waals surface area contributed by atoms with Crippen molar-refractivity contribution in [2.45, 2.75) is 13.3 Å². The molecular weight excluding hydrogens is 369 g/mol. The van der Waals surface area contributed by atoms with E-state index < -0.39 is 0 Å². The molecule has 2 aromatic heterocycles. The highest BCUT2D eigenvalue weighted by molar-refractivity contribution is 6.36. The van der Waals surface area contributed by atoms with E-state index in [-0.39, 0.29) is 0 Å². The number of benzene rings is 1. The molecule has 0 bridgehead atoms. The summed E-state index contributed by atoms with van der Waals surface area (Å²) in [6.45, 7) is 5.84. The van der Waals surface area contributed by atoms with Crippen LogP contribution < -0.4 is 0 Å². The molecule has 0 aliphatic rings. The van der Waals surface area contributed by atoms with Crippen LogP contribution in [0, 0.1) is 18.3 Å². The van der Waals surface area contributed by atoms with Gasteiger partial charge in [0.15, 0.2) is 0 Å². The van der Waals surface area contributed by atoms with Crippen molar-refractivity contribution < 1.29 is 4.74 Å². The summed E-state index contributed by atoms with van der Waals surface area (Å²) >= 11 is 12.9. The lowest BCUT2D eigenvalue weighted by Crippen LogP contribution is -2.02. The molecule has 0 saturated heterocycles. The van der Waals surface area contributed by atoms with E-state index in [1.165, 1.54) is 7.11 Å². The predicted octanol–water partition coefficient (Wildman–Crippen LogP) is 5.27. The van der Waals surface area contributed by atoms with Gasteiger partial charge in [0, 0.05) is 41.8 Å². The summed E-state index contributed by atoms with van der Waals surface area (Å²) in [5.41, 5.74) is 5.04. The molecule has 0 saturated carbocycles. The summed E-state index contributed by atoms with van der Waals surface area (Å²) < 4.78 is 7.23. The third-order valence-electron chi connectivity index (χ3n) is 4.56. The number of halogens is 2. The molecule has 0 amide bonds. The van der Waals surface area contributed by atoms with Gasteiger partial charge in [0.25, 0.3) is 0 Å². The number of aromatic nitrogens is 2. The second-order valence-corrected chi connectivity index (χ2v) is 6.83. The van der Waals surface area contributed by atoms with Crippen molar-refractivity contribution in [1.29, 1.82) is 5.26 Å². The van der Waals surface area contributed by atoms with Crippen LogP contribution in [0.5, 0.6) is 0 Å². The fraction of sp³-hybridized carbons (Fsp3) is 0.200. The van der Waals surface area contributed by atoms with Gasteiger partial charge in [-0.1, -0.05) is 29.8 Å². The molecule has 0 N–H and O–H groups in total. The maximum atomic E-state index is 9.21. The van der Waals surface area contributed by atoms with E-state index in [0.29, 0.717) is 39.0 Å². The SMILES string of the molecule is C=C(OC)c1cnc(Cl)c(Cc2cc3c(C)cc(C#N)cc3n2C)c1Cl. The van der Waals surface area contributed by atoms with Crippen molar-refractivity contribution in [2.75, 3.05) is 7.11 Å². The minimum atomic E-state index is 0.349. The number of hydrogen-bond acceptors (Lipinski definition) is 3. The van der Waals surface area contributed by atoms with E-state index in [0.717, 1.165) is 22.2 Å². The number of nitrogens with zero attached hydrogens (tertiary/aromatic N) is 3. The first-order valence-corrected chi connectivity index (χ1v) is 8.68. The van der Waals surface area contributed by atoms with Crippen LogP contribution in [-0.4, -0.2) is 16.7 Å². The van der Waals surface area contributed by atoms with Crippen LogP contribution in [0.15, 0.2) is 31.0 Å². The highest BCUT2D eigenvalue weighted by Gasteiger charge is 2.17. The van der Waals surface area contributed by atoms with Crippen molar-refractivity contribution in [3.63, 3.8) is 0 Å². The zero-order valence-corrected chi connectivity index (χ0v) is 16.2. The third kappa shape index (κ3) is 3.05. The molecule has 26 heavy (non-hydrogen) atoms. The molecule has 3 aromatic rings. The minimum absolute atomic E-state index is 0.349. The van der Waals surface area contributed by atoms with Crippen LogP contribution in [0.1, 0.15) is 27.9 Å². The lowest BCUT2D eigenvalue weighted by atomic mass is 10.1. The van der Waals surface area contributed by atoms with Gasteiger partial charge in [-0.15, -0.1) is 0 Å². The van der Waals surface area contributed by atoms with Gasteiger partial charge in [0.05, 0.1) is 29.3 Å². The van der Waals surface area contributed by atoms with Crippen molar-refractivity contribution in [3.05, 3.63) is 69.1 Å². The Bertz CT molecular complexity index is 1080. The third-order valence-corrected chi connectivity index (χ3v) is 5.32. The minimum Gasteiger partial charge on any atom is -0.497 e. The number of rotatable bonds is 4. The zero-order chi connectivity index (χ0) is 19.0. The molecule has 6 heteroatoms. The molecule has 0 unspecified atom stereocenters. The quantitative estimate of drug-likeness (QED) is 0.454. The smallest absolute Gasteiger partial charge is 0.134 e. The molecule has 4 nitrogen and oxygen atoms in total. The number of aryl methyl sites for hydroxylation is 2. The van der Waals surface area contributed by atoms with Gasteiger partial charge in [0.1, 0.15) is 10.9 Å². The second-order valence-electron chi connectivity index (χ2n) is 6.09. The van der Waals surface area contributed by atoms with Gasteiger partial charge in [-0.2, -0.15) is 5.26 Å². The van der Waals surface area contributed by atoms with Gasteiger partial charge in [0.2, 0.25) is 0 Å². The second kappa shape index (κ2) is 7.03. The van der Waals surface area contributed by atoms with Gasteiger partial charge >= 0.3 is 0 Å². The maximum Gasteiger partial charge on any atom is 0.134 e. The molecule has 0 fully saturated rings. The Morgan fingerprint density at radius 3 is 2.73 bits per heavy atom. The van der Waals surface area contributed by atoms with Crippen LogP contribution in [0.25, 0.3) is 16.7 Å². The predicted molar refractivity (Wildman–Crippen MR) is 105 cm³/mol. The molecule has 3 rings (SSSR count). The average Bonchev–Trinajstić information content (AvgIpc) is 2.94. The number of ether oxygens (including phenoxy) is 1. The van der Waals surface area contributed by atoms with Crippen molar-refractivity contribution in [2.24, 2.45) is 7.05 Å². The van der Waals surface area contributed by atoms with E-state index in [9.17, 15) is 5.26 Å². The van der Waals surface area contributed by atoms with Crippen molar-refractivity contribution in [3.8, 4) is 6.07 Å².